The number of rotatable bonds is 6. The summed E-state index contributed by atoms with van der Waals surface area (Å²) in [6.45, 7) is 4.15. The minimum Gasteiger partial charge on any atom is -0.459 e. The van der Waals surface area contributed by atoms with Crippen molar-refractivity contribution in [3.8, 4) is 0 Å². The van der Waals surface area contributed by atoms with Crippen molar-refractivity contribution >= 4 is 5.97 Å². The molecular weight excluding hydrogens is 216 g/mol. The molecule has 0 aliphatic heterocycles. The van der Waals surface area contributed by atoms with Crippen molar-refractivity contribution in [1.82, 2.24) is 4.98 Å². The third-order valence-electron chi connectivity index (χ3n) is 2.33. The average molecular weight is 236 g/mol. The van der Waals surface area contributed by atoms with E-state index in [4.69, 9.17) is 10.5 Å². The molecule has 0 saturated carbocycles. The maximum absolute atomic E-state index is 11.5. The molecule has 1 atom stereocenters. The summed E-state index contributed by atoms with van der Waals surface area (Å²) in [6.07, 6.45) is 5.02. The summed E-state index contributed by atoms with van der Waals surface area (Å²) in [6, 6.07) is 3.47. The van der Waals surface area contributed by atoms with Crippen LogP contribution in [0.2, 0.25) is 0 Å². The summed E-state index contributed by atoms with van der Waals surface area (Å²) in [5.74, 6) is -0.413. The lowest BCUT2D eigenvalue weighted by Crippen LogP contribution is -2.24. The van der Waals surface area contributed by atoms with Crippen LogP contribution in [0.3, 0.4) is 0 Å². The number of aromatic nitrogens is 1. The van der Waals surface area contributed by atoms with Crippen molar-refractivity contribution in [2.24, 2.45) is 5.73 Å². The van der Waals surface area contributed by atoms with Crippen LogP contribution in [0.4, 0.5) is 0 Å². The van der Waals surface area contributed by atoms with Gasteiger partial charge in [0.25, 0.3) is 0 Å². The number of carbonyl (C=O) groups excluding carboxylic acids is 1. The zero-order valence-electron chi connectivity index (χ0n) is 10.5. The molecule has 94 valence electrons. The Balaban J connectivity index is 2.51. The number of aryl methyl sites for hydroxylation is 1. The molecule has 1 aromatic heterocycles. The molecule has 0 aromatic carbocycles. The monoisotopic (exact) mass is 236 g/mol. The third kappa shape index (κ3) is 4.95. The number of pyridine rings is 1. The molecule has 0 saturated heterocycles. The smallest absolute Gasteiger partial charge is 0.356 e. The fourth-order valence-corrected chi connectivity index (χ4v) is 1.36. The molecule has 4 nitrogen and oxygen atoms in total. The number of nitrogens with two attached hydrogens (primary N) is 1. The molecule has 2 N–H and O–H groups in total. The van der Waals surface area contributed by atoms with Gasteiger partial charge in [0.15, 0.2) is 0 Å². The Morgan fingerprint density at radius 2 is 2.29 bits per heavy atom. The van der Waals surface area contributed by atoms with Gasteiger partial charge in [0.2, 0.25) is 0 Å². The standard InChI is InChI=1S/C13H20N2O2/c1-3-4-5-11-6-7-12(15-8-11)13(16)17-9-10(2)14/h6-8,10H,3-5,9,14H2,1-2H3. The molecule has 4 heteroatoms. The third-order valence-corrected chi connectivity index (χ3v) is 2.33. The zero-order valence-corrected chi connectivity index (χ0v) is 10.5. The van der Waals surface area contributed by atoms with Crippen molar-refractivity contribution in [2.75, 3.05) is 6.61 Å². The summed E-state index contributed by atoms with van der Waals surface area (Å²) in [5.41, 5.74) is 6.99. The maximum Gasteiger partial charge on any atom is 0.356 e. The van der Waals surface area contributed by atoms with Gasteiger partial charge >= 0.3 is 5.97 Å². The molecule has 1 heterocycles. The summed E-state index contributed by atoms with van der Waals surface area (Å²) in [5, 5.41) is 0. The van der Waals surface area contributed by atoms with Crippen LogP contribution in [-0.4, -0.2) is 23.6 Å². The van der Waals surface area contributed by atoms with E-state index in [2.05, 4.69) is 11.9 Å². The number of ether oxygens (including phenoxy) is 1. The van der Waals surface area contributed by atoms with Gasteiger partial charge in [-0.15, -0.1) is 0 Å². The van der Waals surface area contributed by atoms with E-state index < -0.39 is 5.97 Å². The van der Waals surface area contributed by atoms with E-state index in [0.717, 1.165) is 24.8 Å². The molecule has 0 bridgehead atoms. The Kier molecular flexibility index (Phi) is 5.63. The highest BCUT2D eigenvalue weighted by Gasteiger charge is 2.09. The van der Waals surface area contributed by atoms with E-state index >= 15 is 0 Å². The fraction of sp³-hybridized carbons (Fsp3) is 0.538. The highest BCUT2D eigenvalue weighted by atomic mass is 16.5. The Morgan fingerprint density at radius 1 is 1.53 bits per heavy atom. The summed E-state index contributed by atoms with van der Waals surface area (Å²) in [7, 11) is 0. The maximum atomic E-state index is 11.5. The second-order valence-corrected chi connectivity index (χ2v) is 4.23. The minimum atomic E-state index is -0.413. The molecule has 1 aromatic rings. The number of hydrogen-bond acceptors (Lipinski definition) is 4. The van der Waals surface area contributed by atoms with Crippen molar-refractivity contribution in [1.29, 1.82) is 0 Å². The minimum absolute atomic E-state index is 0.150. The van der Waals surface area contributed by atoms with Crippen LogP contribution in [0.1, 0.15) is 42.7 Å². The molecule has 0 spiro atoms. The molecule has 0 amide bonds. The normalized spacial score (nSPS) is 12.2. The number of hydrogen-bond donors (Lipinski definition) is 1. The molecular formula is C13H20N2O2. The Bertz CT molecular complexity index is 347. The zero-order chi connectivity index (χ0) is 12.7. The molecule has 0 fully saturated rings. The Morgan fingerprint density at radius 3 is 2.82 bits per heavy atom. The second kappa shape index (κ2) is 7.01. The lowest BCUT2D eigenvalue weighted by Gasteiger charge is -2.07. The first kappa shape index (κ1) is 13.6. The quantitative estimate of drug-likeness (QED) is 0.766. The number of esters is 1. The first-order chi connectivity index (χ1) is 8.13. The molecule has 0 aliphatic carbocycles. The van der Waals surface area contributed by atoms with E-state index in [9.17, 15) is 4.79 Å². The van der Waals surface area contributed by atoms with Crippen LogP contribution >= 0.6 is 0 Å². The first-order valence-corrected chi connectivity index (χ1v) is 6.01. The van der Waals surface area contributed by atoms with E-state index in [1.54, 1.807) is 19.2 Å². The molecule has 1 rings (SSSR count). The van der Waals surface area contributed by atoms with Gasteiger partial charge in [-0.2, -0.15) is 0 Å². The first-order valence-electron chi connectivity index (χ1n) is 6.01. The van der Waals surface area contributed by atoms with Gasteiger partial charge in [0.1, 0.15) is 12.3 Å². The molecule has 17 heavy (non-hydrogen) atoms. The summed E-state index contributed by atoms with van der Waals surface area (Å²) in [4.78, 5) is 15.6. The summed E-state index contributed by atoms with van der Waals surface area (Å²) >= 11 is 0. The average Bonchev–Trinajstić information content (AvgIpc) is 2.34. The van der Waals surface area contributed by atoms with Crippen LogP contribution < -0.4 is 5.73 Å². The van der Waals surface area contributed by atoms with Crippen LogP contribution in [-0.2, 0) is 11.2 Å². The van der Waals surface area contributed by atoms with Crippen LogP contribution in [0.5, 0.6) is 0 Å². The Hall–Kier alpha value is -1.42. The van der Waals surface area contributed by atoms with Gasteiger partial charge in [0, 0.05) is 12.2 Å². The van der Waals surface area contributed by atoms with E-state index in [0.29, 0.717) is 5.69 Å². The van der Waals surface area contributed by atoms with Gasteiger partial charge in [-0.05, 0) is 31.4 Å². The number of unbranched alkanes of at least 4 members (excludes halogenated alkanes) is 1. The SMILES string of the molecule is CCCCc1ccc(C(=O)OCC(C)N)nc1. The Labute approximate surface area is 102 Å². The van der Waals surface area contributed by atoms with Gasteiger partial charge in [-0.25, -0.2) is 9.78 Å². The number of nitrogens with zero attached hydrogens (tertiary/aromatic N) is 1. The predicted molar refractivity (Wildman–Crippen MR) is 66.8 cm³/mol. The van der Waals surface area contributed by atoms with Gasteiger partial charge < -0.3 is 10.5 Å². The van der Waals surface area contributed by atoms with E-state index in [1.807, 2.05) is 6.07 Å². The lowest BCUT2D eigenvalue weighted by molar-refractivity contribution is 0.0480. The summed E-state index contributed by atoms with van der Waals surface area (Å²) < 4.78 is 4.98. The molecule has 0 radical (unpaired) electrons. The fourth-order valence-electron chi connectivity index (χ4n) is 1.36. The second-order valence-electron chi connectivity index (χ2n) is 4.23. The van der Waals surface area contributed by atoms with Gasteiger partial charge in [-0.3, -0.25) is 0 Å². The lowest BCUT2D eigenvalue weighted by atomic mass is 10.1. The van der Waals surface area contributed by atoms with Crippen LogP contribution in [0, 0.1) is 0 Å². The van der Waals surface area contributed by atoms with Crippen LogP contribution in [0.25, 0.3) is 0 Å². The van der Waals surface area contributed by atoms with E-state index in [1.165, 1.54) is 0 Å². The van der Waals surface area contributed by atoms with Crippen molar-refractivity contribution in [3.05, 3.63) is 29.6 Å². The largest absolute Gasteiger partial charge is 0.459 e. The van der Waals surface area contributed by atoms with Crippen molar-refractivity contribution in [2.45, 2.75) is 39.2 Å². The topological polar surface area (TPSA) is 65.2 Å². The van der Waals surface area contributed by atoms with Crippen LogP contribution in [0.15, 0.2) is 18.3 Å². The molecule has 0 aliphatic rings. The highest BCUT2D eigenvalue weighted by molar-refractivity contribution is 5.87. The number of carbonyl (C=O) groups is 1. The van der Waals surface area contributed by atoms with Crippen molar-refractivity contribution in [3.63, 3.8) is 0 Å². The van der Waals surface area contributed by atoms with E-state index in [-0.39, 0.29) is 12.6 Å². The van der Waals surface area contributed by atoms with Gasteiger partial charge in [-0.1, -0.05) is 19.4 Å². The van der Waals surface area contributed by atoms with Gasteiger partial charge in [0.05, 0.1) is 0 Å². The predicted octanol–water partition coefficient (Wildman–Crippen LogP) is 1.93. The molecule has 1 unspecified atom stereocenters. The van der Waals surface area contributed by atoms with Crippen molar-refractivity contribution < 1.29 is 9.53 Å². The highest BCUT2D eigenvalue weighted by Crippen LogP contribution is 2.06.